The summed E-state index contributed by atoms with van der Waals surface area (Å²) >= 11 is 0. The van der Waals surface area contributed by atoms with Gasteiger partial charge in [0.25, 0.3) is 0 Å². The number of ether oxygens (including phenoxy) is 1. The van der Waals surface area contributed by atoms with Gasteiger partial charge >= 0.3 is 5.97 Å². The maximum absolute atomic E-state index is 11.0. The van der Waals surface area contributed by atoms with Gasteiger partial charge in [-0.1, -0.05) is 13.8 Å². The number of hydrogen-bond acceptors (Lipinski definition) is 4. The summed E-state index contributed by atoms with van der Waals surface area (Å²) in [6.45, 7) is 3.40. The van der Waals surface area contributed by atoms with E-state index in [-0.39, 0.29) is 17.9 Å². The van der Waals surface area contributed by atoms with E-state index in [0.717, 1.165) is 0 Å². The zero-order valence-electron chi connectivity index (χ0n) is 10.0. The third-order valence-corrected chi connectivity index (χ3v) is 2.70. The first kappa shape index (κ1) is 13.3. The average Bonchev–Trinajstić information content (AvgIpc) is 2.28. The lowest BCUT2D eigenvalue weighted by Gasteiger charge is -2.23. The van der Waals surface area contributed by atoms with E-state index in [2.05, 4.69) is 0 Å². The number of aromatic carboxylic acids is 1. The fourth-order valence-electron chi connectivity index (χ4n) is 1.41. The lowest BCUT2D eigenvalue weighted by atomic mass is 9.84. The van der Waals surface area contributed by atoms with Gasteiger partial charge in [-0.05, 0) is 17.7 Å². The topological polar surface area (TPSA) is 87.0 Å². The Labute approximate surface area is 99.3 Å². The van der Waals surface area contributed by atoms with Crippen molar-refractivity contribution in [3.8, 4) is 11.5 Å². The fraction of sp³-hybridized carbons (Fsp3) is 0.417. The summed E-state index contributed by atoms with van der Waals surface area (Å²) in [5, 5.41) is 27.9. The van der Waals surface area contributed by atoms with E-state index in [9.17, 15) is 15.0 Å². The summed E-state index contributed by atoms with van der Waals surface area (Å²) in [7, 11) is 1.34. The molecule has 0 atom stereocenters. The molecule has 0 bridgehead atoms. The lowest BCUT2D eigenvalue weighted by Crippen LogP contribution is -2.22. The summed E-state index contributed by atoms with van der Waals surface area (Å²) in [5.74, 6) is -1.56. The molecule has 5 heteroatoms. The molecule has 1 aromatic rings. The number of aliphatic hydroxyl groups is 1. The Kier molecular flexibility index (Phi) is 3.63. The number of carboxylic acids is 1. The zero-order chi connectivity index (χ0) is 13.2. The Morgan fingerprint density at radius 2 is 2.00 bits per heavy atom. The van der Waals surface area contributed by atoms with Crippen molar-refractivity contribution in [2.75, 3.05) is 13.7 Å². The Morgan fingerprint density at radius 3 is 2.41 bits per heavy atom. The fourth-order valence-corrected chi connectivity index (χ4v) is 1.41. The van der Waals surface area contributed by atoms with Crippen LogP contribution in [0.25, 0.3) is 0 Å². The molecule has 0 aliphatic rings. The number of carbonyl (C=O) groups is 1. The summed E-state index contributed by atoms with van der Waals surface area (Å²) in [4.78, 5) is 11.0. The van der Waals surface area contributed by atoms with Gasteiger partial charge in [-0.25, -0.2) is 4.79 Å². The highest BCUT2D eigenvalue weighted by Crippen LogP contribution is 2.35. The molecule has 0 saturated carbocycles. The van der Waals surface area contributed by atoms with Crippen molar-refractivity contribution < 1.29 is 24.9 Å². The molecular formula is C12H16O5. The van der Waals surface area contributed by atoms with Crippen molar-refractivity contribution in [1.82, 2.24) is 0 Å². The van der Waals surface area contributed by atoms with Gasteiger partial charge in [0.1, 0.15) is 5.56 Å². The van der Waals surface area contributed by atoms with Gasteiger partial charge in [0.05, 0.1) is 13.7 Å². The van der Waals surface area contributed by atoms with Crippen LogP contribution >= 0.6 is 0 Å². The van der Waals surface area contributed by atoms with E-state index in [1.807, 2.05) is 0 Å². The van der Waals surface area contributed by atoms with Crippen LogP contribution in [0.1, 0.15) is 29.8 Å². The molecular weight excluding hydrogens is 224 g/mol. The van der Waals surface area contributed by atoms with E-state index in [1.165, 1.54) is 19.2 Å². The second kappa shape index (κ2) is 4.63. The molecule has 0 saturated heterocycles. The van der Waals surface area contributed by atoms with E-state index in [1.54, 1.807) is 13.8 Å². The largest absolute Gasteiger partial charge is 0.504 e. The van der Waals surface area contributed by atoms with Crippen LogP contribution in [0.15, 0.2) is 12.1 Å². The summed E-state index contributed by atoms with van der Waals surface area (Å²) < 4.78 is 4.92. The van der Waals surface area contributed by atoms with Crippen molar-refractivity contribution >= 4 is 5.97 Å². The smallest absolute Gasteiger partial charge is 0.339 e. The molecule has 1 aromatic carbocycles. The Balaban J connectivity index is 3.45. The maximum atomic E-state index is 11.0. The van der Waals surface area contributed by atoms with Crippen molar-refractivity contribution in [2.45, 2.75) is 19.3 Å². The van der Waals surface area contributed by atoms with Crippen molar-refractivity contribution in [2.24, 2.45) is 0 Å². The van der Waals surface area contributed by atoms with Gasteiger partial charge in [0, 0.05) is 5.41 Å². The predicted octanol–water partition coefficient (Wildman–Crippen LogP) is 1.37. The number of benzene rings is 1. The van der Waals surface area contributed by atoms with Gasteiger partial charge < -0.3 is 20.1 Å². The molecule has 5 nitrogen and oxygen atoms in total. The second-order valence-electron chi connectivity index (χ2n) is 4.42. The van der Waals surface area contributed by atoms with Crippen molar-refractivity contribution in [1.29, 1.82) is 0 Å². The number of hydrogen-bond donors (Lipinski definition) is 3. The Bertz CT molecular complexity index is 437. The van der Waals surface area contributed by atoms with Gasteiger partial charge in [-0.2, -0.15) is 0 Å². The number of phenols is 1. The molecule has 3 N–H and O–H groups in total. The molecule has 0 heterocycles. The molecule has 0 unspecified atom stereocenters. The number of carboxylic acid groups (broad SMARTS) is 1. The minimum absolute atomic E-state index is 0.0847. The van der Waals surface area contributed by atoms with Crippen LogP contribution in [0.5, 0.6) is 11.5 Å². The molecule has 0 aliphatic carbocycles. The van der Waals surface area contributed by atoms with E-state index in [4.69, 9.17) is 9.84 Å². The quantitative estimate of drug-likeness (QED) is 0.739. The number of aromatic hydroxyl groups is 1. The van der Waals surface area contributed by atoms with Gasteiger partial charge in [-0.15, -0.1) is 0 Å². The monoisotopic (exact) mass is 240 g/mol. The summed E-state index contributed by atoms with van der Waals surface area (Å²) in [5.41, 5.74) is -0.251. The molecule has 0 radical (unpaired) electrons. The normalized spacial score (nSPS) is 11.3. The van der Waals surface area contributed by atoms with Crippen LogP contribution in [0.4, 0.5) is 0 Å². The maximum Gasteiger partial charge on any atom is 0.339 e. The van der Waals surface area contributed by atoms with E-state index in [0.29, 0.717) is 5.56 Å². The van der Waals surface area contributed by atoms with E-state index >= 15 is 0 Å². The van der Waals surface area contributed by atoms with Crippen LogP contribution in [-0.4, -0.2) is 35.0 Å². The highest BCUT2D eigenvalue weighted by molar-refractivity contribution is 5.92. The lowest BCUT2D eigenvalue weighted by molar-refractivity contribution is 0.0692. The number of aliphatic hydroxyl groups excluding tert-OH is 1. The molecule has 17 heavy (non-hydrogen) atoms. The van der Waals surface area contributed by atoms with Crippen LogP contribution in [0.3, 0.4) is 0 Å². The van der Waals surface area contributed by atoms with Crippen molar-refractivity contribution in [3.63, 3.8) is 0 Å². The molecule has 1 rings (SSSR count). The van der Waals surface area contributed by atoms with Crippen molar-refractivity contribution in [3.05, 3.63) is 23.3 Å². The van der Waals surface area contributed by atoms with E-state index < -0.39 is 17.1 Å². The number of methoxy groups -OCH3 is 1. The van der Waals surface area contributed by atoms with Gasteiger partial charge in [0.2, 0.25) is 0 Å². The summed E-state index contributed by atoms with van der Waals surface area (Å²) in [6.07, 6.45) is 0. The third-order valence-electron chi connectivity index (χ3n) is 2.70. The second-order valence-corrected chi connectivity index (χ2v) is 4.42. The molecule has 0 aromatic heterocycles. The molecule has 0 spiro atoms. The standard InChI is InChI=1S/C12H16O5/c1-12(2,6-13)7-4-8(11(15)16)10(14)9(5-7)17-3/h4-5,13-14H,6H2,1-3H3,(H,15,16). The zero-order valence-corrected chi connectivity index (χ0v) is 10.0. The molecule has 0 fully saturated rings. The Morgan fingerprint density at radius 1 is 1.41 bits per heavy atom. The predicted molar refractivity (Wildman–Crippen MR) is 61.7 cm³/mol. The minimum atomic E-state index is -1.24. The minimum Gasteiger partial charge on any atom is -0.504 e. The van der Waals surface area contributed by atoms with Crippen LogP contribution in [-0.2, 0) is 5.41 Å². The first-order valence-corrected chi connectivity index (χ1v) is 5.09. The van der Waals surface area contributed by atoms with Crippen LogP contribution in [0, 0.1) is 0 Å². The highest BCUT2D eigenvalue weighted by atomic mass is 16.5. The highest BCUT2D eigenvalue weighted by Gasteiger charge is 2.25. The van der Waals surface area contributed by atoms with Gasteiger partial charge in [0.15, 0.2) is 11.5 Å². The van der Waals surface area contributed by atoms with Crippen LogP contribution in [0.2, 0.25) is 0 Å². The molecule has 0 amide bonds. The summed E-state index contributed by atoms with van der Waals surface area (Å²) in [6, 6.07) is 2.87. The number of rotatable bonds is 4. The molecule has 94 valence electrons. The van der Waals surface area contributed by atoms with Crippen LogP contribution < -0.4 is 4.74 Å². The first-order chi connectivity index (χ1) is 7.83. The first-order valence-electron chi connectivity index (χ1n) is 5.09. The van der Waals surface area contributed by atoms with Gasteiger partial charge in [-0.3, -0.25) is 0 Å². The average molecular weight is 240 g/mol. The Hall–Kier alpha value is -1.75. The SMILES string of the molecule is COc1cc(C(C)(C)CO)cc(C(=O)O)c1O. The molecule has 0 aliphatic heterocycles. The third kappa shape index (κ3) is 2.50.